The highest BCUT2D eigenvalue weighted by molar-refractivity contribution is 6.39. The summed E-state index contributed by atoms with van der Waals surface area (Å²) in [5, 5.41) is 22.1. The van der Waals surface area contributed by atoms with Crippen molar-refractivity contribution in [2.24, 2.45) is 0 Å². The van der Waals surface area contributed by atoms with Crippen molar-refractivity contribution in [1.82, 2.24) is 9.38 Å². The Morgan fingerprint density at radius 3 is 2.11 bits per heavy atom. The first-order valence-corrected chi connectivity index (χ1v) is 11.0. The van der Waals surface area contributed by atoms with Gasteiger partial charge in [-0.2, -0.15) is 10.5 Å². The molecule has 7 rings (SSSR count). The molecule has 2 aromatic heterocycles. The molecule has 0 unspecified atom stereocenters. The second kappa shape index (κ2) is 6.72. The van der Waals surface area contributed by atoms with E-state index >= 15 is 0 Å². The Kier molecular flexibility index (Phi) is 3.70. The highest BCUT2D eigenvalue weighted by Gasteiger charge is 2.36. The maximum Gasteiger partial charge on any atom is 0.266 e. The van der Waals surface area contributed by atoms with Gasteiger partial charge in [0.25, 0.3) is 17.4 Å². The summed E-state index contributed by atoms with van der Waals surface area (Å²) in [7, 11) is 0. The molecule has 8 heteroatoms. The Balaban J connectivity index is 1.59. The van der Waals surface area contributed by atoms with Crippen molar-refractivity contribution >= 4 is 55.5 Å². The third-order valence-electron chi connectivity index (χ3n) is 6.80. The van der Waals surface area contributed by atoms with Crippen molar-refractivity contribution in [3.05, 3.63) is 99.6 Å². The van der Waals surface area contributed by atoms with E-state index in [9.17, 15) is 24.9 Å². The molecule has 0 bridgehead atoms. The first-order valence-electron chi connectivity index (χ1n) is 11.0. The molecule has 36 heavy (non-hydrogen) atoms. The van der Waals surface area contributed by atoms with Crippen LogP contribution in [0, 0.1) is 22.7 Å². The van der Waals surface area contributed by atoms with Crippen LogP contribution in [0.4, 0.5) is 5.69 Å². The van der Waals surface area contributed by atoms with Gasteiger partial charge in [-0.25, -0.2) is 14.3 Å². The smallest absolute Gasteiger partial charge is 0.266 e. The summed E-state index contributed by atoms with van der Waals surface area (Å²) in [4.78, 5) is 46.4. The van der Waals surface area contributed by atoms with Gasteiger partial charge in [0.1, 0.15) is 17.8 Å². The predicted octanol–water partition coefficient (Wildman–Crippen LogP) is 4.14. The van der Waals surface area contributed by atoms with Crippen LogP contribution in [0.3, 0.4) is 0 Å². The third kappa shape index (κ3) is 2.25. The SMILES string of the molecule is N#Cc1nc2c3ccc4c5c(ccc(c(=O)n2c1C#N)c53)C(=O)N(c1cccc2ccccc12)C4=O. The number of rotatable bonds is 1. The summed E-state index contributed by atoms with van der Waals surface area (Å²) in [6, 6.07) is 23.0. The van der Waals surface area contributed by atoms with Crippen LogP contribution in [-0.2, 0) is 0 Å². The first kappa shape index (κ1) is 19.8. The highest BCUT2D eigenvalue weighted by atomic mass is 16.2. The van der Waals surface area contributed by atoms with Crippen LogP contribution in [0.2, 0.25) is 0 Å². The number of amides is 2. The third-order valence-corrected chi connectivity index (χ3v) is 6.80. The number of carbonyl (C=O) groups excluding carboxylic acids is 2. The minimum absolute atomic E-state index is 0.140. The molecule has 8 nitrogen and oxygen atoms in total. The zero-order valence-corrected chi connectivity index (χ0v) is 18.3. The van der Waals surface area contributed by atoms with Crippen LogP contribution >= 0.6 is 0 Å². The van der Waals surface area contributed by atoms with Gasteiger partial charge in [0.15, 0.2) is 11.4 Å². The van der Waals surface area contributed by atoms with Crippen LogP contribution in [0.25, 0.3) is 38.0 Å². The van der Waals surface area contributed by atoms with Crippen LogP contribution < -0.4 is 10.5 Å². The number of aromatic nitrogens is 2. The van der Waals surface area contributed by atoms with Gasteiger partial charge in [0.2, 0.25) is 0 Å². The van der Waals surface area contributed by atoms with Gasteiger partial charge in [-0.15, -0.1) is 0 Å². The van der Waals surface area contributed by atoms with Gasteiger partial charge >= 0.3 is 0 Å². The molecule has 4 aromatic carbocycles. The quantitative estimate of drug-likeness (QED) is 0.337. The molecule has 0 N–H and O–H groups in total. The lowest BCUT2D eigenvalue weighted by molar-refractivity contribution is 0.0894. The van der Waals surface area contributed by atoms with Crippen molar-refractivity contribution in [3.8, 4) is 12.1 Å². The normalized spacial score (nSPS) is 13.1. The summed E-state index contributed by atoms with van der Waals surface area (Å²) < 4.78 is 1.12. The standard InChI is InChI=1S/C28H11N5O3/c29-12-20-22(13-30)32-25(31-20)16-8-9-18-24-19(11-10-17(23(16)24)26(32)34)28(36)33(27(18)35)21-7-3-5-14-4-1-2-6-15(14)21/h1-11H. The zero-order chi connectivity index (χ0) is 24.7. The molecule has 1 aliphatic heterocycles. The van der Waals surface area contributed by atoms with Gasteiger partial charge in [0.05, 0.1) is 5.69 Å². The number of hydrogen-bond donors (Lipinski definition) is 0. The number of nitriles is 2. The molecule has 0 fully saturated rings. The van der Waals surface area contributed by atoms with Gasteiger partial charge in [0, 0.05) is 38.1 Å². The molecule has 3 heterocycles. The summed E-state index contributed by atoms with van der Waals surface area (Å²) >= 11 is 0. The molecule has 6 aromatic rings. The lowest BCUT2D eigenvalue weighted by atomic mass is 9.89. The van der Waals surface area contributed by atoms with Crippen LogP contribution in [0.5, 0.6) is 0 Å². The van der Waals surface area contributed by atoms with Crippen molar-refractivity contribution in [2.75, 3.05) is 4.90 Å². The number of hydrogen-bond acceptors (Lipinski definition) is 6. The van der Waals surface area contributed by atoms with E-state index in [0.717, 1.165) is 15.2 Å². The zero-order valence-electron chi connectivity index (χ0n) is 18.3. The maximum absolute atomic E-state index is 13.8. The number of pyridine rings is 1. The Labute approximate surface area is 201 Å². The number of carbonyl (C=O) groups is 2. The number of fused-ring (bicyclic) bond motifs is 3. The molecule has 166 valence electrons. The minimum atomic E-state index is -0.539. The minimum Gasteiger partial charge on any atom is -0.268 e. The Morgan fingerprint density at radius 2 is 1.39 bits per heavy atom. The average molecular weight is 465 g/mol. The number of nitrogens with zero attached hydrogens (tertiary/aromatic N) is 5. The predicted molar refractivity (Wildman–Crippen MR) is 132 cm³/mol. The number of benzene rings is 4. The van der Waals surface area contributed by atoms with E-state index in [-0.39, 0.29) is 33.5 Å². The molecule has 0 spiro atoms. The molecule has 1 aliphatic rings. The number of imide groups is 1. The summed E-state index contributed by atoms with van der Waals surface area (Å²) in [5.41, 5.74) is 0.340. The summed E-state index contributed by atoms with van der Waals surface area (Å²) in [6.45, 7) is 0. The van der Waals surface area contributed by atoms with E-state index in [4.69, 9.17) is 0 Å². The first-order chi connectivity index (χ1) is 17.5. The van der Waals surface area contributed by atoms with E-state index in [1.165, 1.54) is 17.0 Å². The molecule has 0 saturated heterocycles. The fourth-order valence-electron chi connectivity index (χ4n) is 5.27. The summed E-state index contributed by atoms with van der Waals surface area (Å²) in [5.74, 6) is -0.992. The van der Waals surface area contributed by atoms with E-state index < -0.39 is 17.4 Å². The lowest BCUT2D eigenvalue weighted by Gasteiger charge is -2.28. The lowest BCUT2D eigenvalue weighted by Crippen LogP contribution is -2.40. The van der Waals surface area contributed by atoms with Crippen LogP contribution in [0.15, 0.2) is 71.5 Å². The van der Waals surface area contributed by atoms with Crippen molar-refractivity contribution in [1.29, 1.82) is 10.5 Å². The van der Waals surface area contributed by atoms with E-state index in [0.29, 0.717) is 21.8 Å². The molecule has 0 aliphatic carbocycles. The van der Waals surface area contributed by atoms with Gasteiger partial charge < -0.3 is 0 Å². The monoisotopic (exact) mass is 465 g/mol. The number of anilines is 1. The molecule has 0 saturated carbocycles. The summed E-state index contributed by atoms with van der Waals surface area (Å²) in [6.07, 6.45) is 0. The molecule has 0 radical (unpaired) electrons. The number of imidazole rings is 1. The largest absolute Gasteiger partial charge is 0.268 e. The van der Waals surface area contributed by atoms with Crippen LogP contribution in [-0.4, -0.2) is 21.2 Å². The van der Waals surface area contributed by atoms with E-state index in [1.54, 1.807) is 24.3 Å². The molecule has 2 amide bonds. The van der Waals surface area contributed by atoms with Crippen molar-refractivity contribution in [3.63, 3.8) is 0 Å². The molecule has 0 atom stereocenters. The second-order valence-corrected chi connectivity index (χ2v) is 8.51. The van der Waals surface area contributed by atoms with Gasteiger partial charge in [-0.05, 0) is 35.7 Å². The van der Waals surface area contributed by atoms with Gasteiger partial charge in [-0.3, -0.25) is 14.4 Å². The molecular weight excluding hydrogens is 454 g/mol. The van der Waals surface area contributed by atoms with Crippen molar-refractivity contribution < 1.29 is 9.59 Å². The fourth-order valence-corrected chi connectivity index (χ4v) is 5.27. The Hall–Kier alpha value is -5.60. The Morgan fingerprint density at radius 1 is 0.694 bits per heavy atom. The topological polar surface area (TPSA) is 119 Å². The Bertz CT molecular complexity index is 2120. The molecular formula is C28H11N5O3. The van der Waals surface area contributed by atoms with Crippen LogP contribution in [0.1, 0.15) is 32.1 Å². The van der Waals surface area contributed by atoms with E-state index in [1.807, 2.05) is 42.5 Å². The highest BCUT2D eigenvalue weighted by Crippen LogP contribution is 2.39. The second-order valence-electron chi connectivity index (χ2n) is 8.51. The maximum atomic E-state index is 13.8. The van der Waals surface area contributed by atoms with Crippen molar-refractivity contribution in [2.45, 2.75) is 0 Å². The van der Waals surface area contributed by atoms with Gasteiger partial charge in [-0.1, -0.05) is 36.4 Å². The average Bonchev–Trinajstić information content (AvgIpc) is 3.30. The fraction of sp³-hybridized carbons (Fsp3) is 0. The van der Waals surface area contributed by atoms with E-state index in [2.05, 4.69) is 4.98 Å².